The van der Waals surface area contributed by atoms with Gasteiger partial charge in [0, 0.05) is 38.5 Å². The zero-order chi connectivity index (χ0) is 30.3. The number of aromatic nitrogens is 2. The minimum atomic E-state index is -0.825. The van der Waals surface area contributed by atoms with Gasteiger partial charge in [0.05, 0.1) is 30.8 Å². The second-order valence-electron chi connectivity index (χ2n) is 11.7. The summed E-state index contributed by atoms with van der Waals surface area (Å²) in [5.41, 5.74) is 1.27. The third-order valence-corrected chi connectivity index (χ3v) is 9.13. The summed E-state index contributed by atoms with van der Waals surface area (Å²) in [6.07, 6.45) is 8.12. The molecule has 0 N–H and O–H groups in total. The van der Waals surface area contributed by atoms with Crippen LogP contribution in [-0.2, 0) is 23.9 Å². The van der Waals surface area contributed by atoms with Gasteiger partial charge in [-0.2, -0.15) is 0 Å². The van der Waals surface area contributed by atoms with Crippen LogP contribution >= 0.6 is 11.6 Å². The number of unbranched alkanes of at least 4 members (excludes halogenated alkanes) is 1. The van der Waals surface area contributed by atoms with Gasteiger partial charge in [0.25, 0.3) is 5.88 Å². The Labute approximate surface area is 257 Å². The molecule has 1 saturated carbocycles. The van der Waals surface area contributed by atoms with E-state index >= 15 is 0 Å². The predicted molar refractivity (Wildman–Crippen MR) is 162 cm³/mol. The molecule has 0 spiro atoms. The van der Waals surface area contributed by atoms with Crippen LogP contribution < -0.4 is 4.74 Å². The Hall–Kier alpha value is -3.24. The molecule has 2 saturated heterocycles. The number of ether oxygens (including phenoxy) is 3. The first-order valence-electron chi connectivity index (χ1n) is 15.4. The number of esters is 1. The fourth-order valence-corrected chi connectivity index (χ4v) is 6.77. The minimum absolute atomic E-state index is 0.0135. The molecule has 1 aromatic heterocycles. The molecule has 2 amide bonds. The molecule has 3 fully saturated rings. The van der Waals surface area contributed by atoms with Crippen molar-refractivity contribution in [1.29, 1.82) is 0 Å². The first kappa shape index (κ1) is 31.2. The van der Waals surface area contributed by atoms with Crippen LogP contribution in [0, 0.1) is 11.8 Å². The van der Waals surface area contributed by atoms with Gasteiger partial charge in [-0.1, -0.05) is 42.7 Å². The number of carbonyl (C=O) groups is 3. The highest BCUT2D eigenvalue weighted by molar-refractivity contribution is 6.31. The molecule has 0 unspecified atom stereocenters. The third kappa shape index (κ3) is 7.47. The van der Waals surface area contributed by atoms with E-state index in [9.17, 15) is 14.4 Å². The van der Waals surface area contributed by atoms with Crippen molar-refractivity contribution in [1.82, 2.24) is 19.8 Å². The zero-order valence-corrected chi connectivity index (χ0v) is 25.5. The highest BCUT2D eigenvalue weighted by Gasteiger charge is 2.46. The fourth-order valence-electron chi connectivity index (χ4n) is 6.60. The number of fused-ring (bicyclic) bond motifs is 1. The molecule has 0 bridgehead atoms. The van der Waals surface area contributed by atoms with E-state index in [2.05, 4.69) is 16.5 Å². The van der Waals surface area contributed by atoms with Crippen molar-refractivity contribution in [2.75, 3.05) is 33.4 Å². The number of halogens is 1. The first-order chi connectivity index (χ1) is 20.9. The Balaban J connectivity index is 1.28. The van der Waals surface area contributed by atoms with Gasteiger partial charge < -0.3 is 24.0 Å². The highest BCUT2D eigenvalue weighted by Crippen LogP contribution is 2.37. The standard InChI is InChI=1S/C32H41ClN4O6/c1-3-4-9-16-42-22-14-15-36(19-22)28(38)18-24(21-10-5-6-11-21)31(39)37-20-23(17-27(37)32(40)41-2)43-30-29(33)34-25-12-7-8-13-26(25)35-30/h3,7-8,12-13,21-24,27H,1,4-6,9-11,14-20H2,2H3/t22-,23+,24-,27-/m0/s1. The topological polar surface area (TPSA) is 111 Å². The summed E-state index contributed by atoms with van der Waals surface area (Å²) in [4.78, 5) is 52.9. The number of para-hydroxylation sites is 2. The van der Waals surface area contributed by atoms with E-state index in [0.717, 1.165) is 44.9 Å². The monoisotopic (exact) mass is 612 g/mol. The molecular formula is C32H41ClN4O6. The maximum atomic E-state index is 14.2. The van der Waals surface area contributed by atoms with Crippen LogP contribution in [-0.4, -0.2) is 89.2 Å². The second-order valence-corrected chi connectivity index (χ2v) is 12.1. The van der Waals surface area contributed by atoms with E-state index in [1.54, 1.807) is 4.90 Å². The van der Waals surface area contributed by atoms with Gasteiger partial charge >= 0.3 is 5.97 Å². The van der Waals surface area contributed by atoms with Crippen LogP contribution in [0.4, 0.5) is 0 Å². The van der Waals surface area contributed by atoms with Crippen molar-refractivity contribution in [3.05, 3.63) is 42.1 Å². The summed E-state index contributed by atoms with van der Waals surface area (Å²) < 4.78 is 17.2. The normalized spacial score (nSPS) is 23.1. The molecule has 11 heteroatoms. The van der Waals surface area contributed by atoms with Gasteiger partial charge in [-0.15, -0.1) is 6.58 Å². The van der Waals surface area contributed by atoms with Crippen molar-refractivity contribution >= 4 is 40.4 Å². The molecule has 4 atom stereocenters. The van der Waals surface area contributed by atoms with E-state index in [1.165, 1.54) is 7.11 Å². The number of allylic oxidation sites excluding steroid dienone is 1. The van der Waals surface area contributed by atoms with Crippen LogP contribution in [0.15, 0.2) is 36.9 Å². The smallest absolute Gasteiger partial charge is 0.328 e. The van der Waals surface area contributed by atoms with Crippen LogP contribution in [0.1, 0.15) is 57.8 Å². The van der Waals surface area contributed by atoms with E-state index in [-0.39, 0.29) is 54.3 Å². The quantitative estimate of drug-likeness (QED) is 0.194. The lowest BCUT2D eigenvalue weighted by Crippen LogP contribution is -2.47. The number of methoxy groups -OCH3 is 1. The van der Waals surface area contributed by atoms with E-state index in [0.29, 0.717) is 30.7 Å². The summed E-state index contributed by atoms with van der Waals surface area (Å²) in [6.45, 7) is 5.70. The summed E-state index contributed by atoms with van der Waals surface area (Å²) in [5, 5.41) is 0.112. The summed E-state index contributed by atoms with van der Waals surface area (Å²) in [5.74, 6) is -1.03. The summed E-state index contributed by atoms with van der Waals surface area (Å²) >= 11 is 6.39. The van der Waals surface area contributed by atoms with Gasteiger partial charge in [-0.05, 0) is 50.2 Å². The maximum absolute atomic E-state index is 14.2. The number of hydrogen-bond acceptors (Lipinski definition) is 8. The third-order valence-electron chi connectivity index (χ3n) is 8.88. The van der Waals surface area contributed by atoms with E-state index in [1.807, 2.05) is 35.2 Å². The lowest BCUT2D eigenvalue weighted by atomic mass is 9.86. The van der Waals surface area contributed by atoms with Crippen molar-refractivity contribution in [2.45, 2.75) is 76.0 Å². The van der Waals surface area contributed by atoms with Gasteiger partial charge in [-0.25, -0.2) is 14.8 Å². The largest absolute Gasteiger partial charge is 0.470 e. The lowest BCUT2D eigenvalue weighted by Gasteiger charge is -2.31. The molecule has 43 heavy (non-hydrogen) atoms. The number of carbonyl (C=O) groups excluding carboxylic acids is 3. The molecule has 2 aromatic rings. The lowest BCUT2D eigenvalue weighted by molar-refractivity contribution is -0.154. The SMILES string of the molecule is C=CCCCO[C@H]1CCN(C(=O)C[C@H](C(=O)N2C[C@H](Oc3nc4ccccc4nc3Cl)C[C@H]2C(=O)OC)C2CCCC2)C1. The van der Waals surface area contributed by atoms with E-state index in [4.69, 9.17) is 25.8 Å². The van der Waals surface area contributed by atoms with Crippen molar-refractivity contribution in [3.8, 4) is 5.88 Å². The summed E-state index contributed by atoms with van der Waals surface area (Å²) in [6, 6.07) is 6.50. The maximum Gasteiger partial charge on any atom is 0.328 e. The summed E-state index contributed by atoms with van der Waals surface area (Å²) in [7, 11) is 1.31. The number of hydrogen-bond donors (Lipinski definition) is 0. The number of amides is 2. The molecule has 3 heterocycles. The van der Waals surface area contributed by atoms with Crippen molar-refractivity contribution in [2.24, 2.45) is 11.8 Å². The van der Waals surface area contributed by atoms with Crippen LogP contribution in [0.25, 0.3) is 11.0 Å². The fraction of sp³-hybridized carbons (Fsp3) is 0.594. The number of likely N-dealkylation sites (tertiary alicyclic amines) is 2. The number of nitrogens with zero attached hydrogens (tertiary/aromatic N) is 4. The molecule has 10 nitrogen and oxygen atoms in total. The Morgan fingerprint density at radius 2 is 1.84 bits per heavy atom. The van der Waals surface area contributed by atoms with E-state index < -0.39 is 24.0 Å². The predicted octanol–water partition coefficient (Wildman–Crippen LogP) is 4.58. The van der Waals surface area contributed by atoms with Gasteiger partial charge in [0.1, 0.15) is 12.1 Å². The van der Waals surface area contributed by atoms with Crippen molar-refractivity contribution < 1.29 is 28.6 Å². The van der Waals surface area contributed by atoms with Crippen LogP contribution in [0.3, 0.4) is 0 Å². The number of benzene rings is 1. The Morgan fingerprint density at radius 3 is 2.56 bits per heavy atom. The molecule has 1 aromatic carbocycles. The molecule has 232 valence electrons. The average Bonchev–Trinajstić information content (AvgIpc) is 3.79. The molecule has 3 aliphatic rings. The Morgan fingerprint density at radius 1 is 1.09 bits per heavy atom. The van der Waals surface area contributed by atoms with Crippen molar-refractivity contribution in [3.63, 3.8) is 0 Å². The minimum Gasteiger partial charge on any atom is -0.470 e. The molecule has 1 aliphatic carbocycles. The second kappa shape index (κ2) is 14.5. The van der Waals surface area contributed by atoms with Gasteiger partial charge in [-0.3, -0.25) is 9.59 Å². The molecule has 2 aliphatic heterocycles. The first-order valence-corrected chi connectivity index (χ1v) is 15.7. The molecule has 0 radical (unpaired) electrons. The highest BCUT2D eigenvalue weighted by atomic mass is 35.5. The van der Waals surface area contributed by atoms with Crippen LogP contribution in [0.2, 0.25) is 5.15 Å². The zero-order valence-electron chi connectivity index (χ0n) is 24.8. The Bertz CT molecular complexity index is 1320. The molecule has 5 rings (SSSR count). The average molecular weight is 613 g/mol. The van der Waals surface area contributed by atoms with Crippen LogP contribution in [0.5, 0.6) is 5.88 Å². The molecular weight excluding hydrogens is 572 g/mol. The Kier molecular flexibility index (Phi) is 10.5. The van der Waals surface area contributed by atoms with Gasteiger partial charge in [0.15, 0.2) is 5.15 Å². The van der Waals surface area contributed by atoms with Gasteiger partial charge in [0.2, 0.25) is 11.8 Å². The number of rotatable bonds is 12.